The number of piperidine rings is 1. The van der Waals surface area contributed by atoms with Gasteiger partial charge in [-0.05, 0) is 66.3 Å². The topological polar surface area (TPSA) is 92.1 Å². The molecule has 0 saturated carbocycles. The number of hydrogen-bond donors (Lipinski definition) is 0. The molecule has 1 aliphatic rings. The van der Waals surface area contributed by atoms with E-state index in [0.717, 1.165) is 39.1 Å². The summed E-state index contributed by atoms with van der Waals surface area (Å²) in [7, 11) is -2.33. The molecule has 0 N–H and O–H groups in total. The molecule has 190 valence electrons. The lowest BCUT2D eigenvalue weighted by Gasteiger charge is -2.29. The Morgan fingerprint density at radius 1 is 1.00 bits per heavy atom. The molecule has 0 spiro atoms. The maximum atomic E-state index is 12.8. The predicted octanol–water partition coefficient (Wildman–Crippen LogP) is 3.98. The molecule has 8 nitrogen and oxygen atoms in total. The number of nitriles is 1. The largest absolute Gasteiger partial charge is 0.382 e. The van der Waals surface area contributed by atoms with Gasteiger partial charge in [-0.1, -0.05) is 18.2 Å². The smallest absolute Gasteiger partial charge is 0.265 e. The summed E-state index contributed by atoms with van der Waals surface area (Å²) >= 11 is 0. The van der Waals surface area contributed by atoms with E-state index in [2.05, 4.69) is 23.1 Å². The summed E-state index contributed by atoms with van der Waals surface area (Å²) in [6.45, 7) is 5.62. The number of rotatable bonds is 13. The van der Waals surface area contributed by atoms with Crippen molar-refractivity contribution in [1.82, 2.24) is 4.31 Å². The first-order chi connectivity index (χ1) is 16.9. The van der Waals surface area contributed by atoms with Crippen molar-refractivity contribution in [3.63, 3.8) is 0 Å². The van der Waals surface area contributed by atoms with Gasteiger partial charge in [0.1, 0.15) is 0 Å². The molecule has 0 amide bonds. The van der Waals surface area contributed by atoms with Crippen molar-refractivity contribution in [1.29, 1.82) is 5.26 Å². The van der Waals surface area contributed by atoms with Crippen LogP contribution in [0.25, 0.3) is 16.3 Å². The second-order valence-electron chi connectivity index (χ2n) is 8.53. The predicted molar refractivity (Wildman–Crippen MR) is 138 cm³/mol. The Morgan fingerprint density at radius 3 is 2.37 bits per heavy atom. The molecule has 0 aliphatic carbocycles. The first-order valence-corrected chi connectivity index (χ1v) is 13.5. The summed E-state index contributed by atoms with van der Waals surface area (Å²) in [6.07, 6.45) is 5.50. The lowest BCUT2D eigenvalue weighted by atomic mass is 10.0. The Hall–Kier alpha value is -2.64. The molecular weight excluding hydrogens is 466 g/mol. The molecule has 1 heterocycles. The minimum atomic E-state index is -3.92. The van der Waals surface area contributed by atoms with Gasteiger partial charge >= 0.3 is 0 Å². The number of allylic oxidation sites excluding steroid dienone is 1. The monoisotopic (exact) mass is 501 g/mol. The number of sulfonamides is 1. The second-order valence-corrected chi connectivity index (χ2v) is 10.2. The van der Waals surface area contributed by atoms with E-state index in [1.807, 2.05) is 18.2 Å². The van der Waals surface area contributed by atoms with Crippen LogP contribution in [0.5, 0.6) is 0 Å². The maximum Gasteiger partial charge on any atom is 0.265 e. The van der Waals surface area contributed by atoms with Crippen LogP contribution in [0.15, 0.2) is 41.8 Å². The summed E-state index contributed by atoms with van der Waals surface area (Å²) in [5.41, 5.74) is 2.60. The highest BCUT2D eigenvalue weighted by atomic mass is 32.2. The van der Waals surface area contributed by atoms with E-state index < -0.39 is 10.0 Å². The molecule has 1 aliphatic heterocycles. The van der Waals surface area contributed by atoms with Crippen LogP contribution in [0.1, 0.15) is 31.7 Å². The van der Waals surface area contributed by atoms with E-state index in [4.69, 9.17) is 14.2 Å². The van der Waals surface area contributed by atoms with Gasteiger partial charge in [-0.3, -0.25) is 0 Å². The molecule has 0 atom stereocenters. The van der Waals surface area contributed by atoms with E-state index in [1.54, 1.807) is 20.2 Å². The molecular formula is C26H35N3O5S. The Bertz CT molecular complexity index is 1140. The van der Waals surface area contributed by atoms with Gasteiger partial charge in [0.25, 0.3) is 10.0 Å². The van der Waals surface area contributed by atoms with Crippen molar-refractivity contribution in [2.75, 3.05) is 64.7 Å². The third-order valence-corrected chi connectivity index (χ3v) is 7.52. The summed E-state index contributed by atoms with van der Waals surface area (Å²) < 4.78 is 41.9. The lowest BCUT2D eigenvalue weighted by Crippen LogP contribution is -2.29. The van der Waals surface area contributed by atoms with E-state index >= 15 is 0 Å². The van der Waals surface area contributed by atoms with Gasteiger partial charge in [0, 0.05) is 25.9 Å². The van der Waals surface area contributed by atoms with Gasteiger partial charge in [-0.15, -0.1) is 0 Å². The fourth-order valence-corrected chi connectivity index (χ4v) is 5.18. The summed E-state index contributed by atoms with van der Waals surface area (Å²) in [5, 5.41) is 12.7. The maximum absolute atomic E-state index is 12.8. The zero-order chi connectivity index (χ0) is 25.1. The quantitative estimate of drug-likeness (QED) is 0.233. The van der Waals surface area contributed by atoms with Crippen molar-refractivity contribution in [3.05, 3.63) is 47.4 Å². The van der Waals surface area contributed by atoms with Crippen LogP contribution in [-0.4, -0.2) is 72.5 Å². The summed E-state index contributed by atoms with van der Waals surface area (Å²) in [4.78, 5) is 2.42. The van der Waals surface area contributed by atoms with Crippen molar-refractivity contribution < 1.29 is 22.6 Å². The molecule has 1 fully saturated rings. The van der Waals surface area contributed by atoms with Gasteiger partial charge in [-0.2, -0.15) is 5.26 Å². The number of hydrogen-bond acceptors (Lipinski definition) is 7. The summed E-state index contributed by atoms with van der Waals surface area (Å²) in [6, 6.07) is 12.3. The Kier molecular flexibility index (Phi) is 10.4. The van der Waals surface area contributed by atoms with Crippen LogP contribution in [0.2, 0.25) is 0 Å². The standard InChI is InChI=1S/C26H35N3O5S/c1-22(20-35(30,31)29(21-27)12-13-33-16-17-34-15-14-32-2)23-6-7-25-19-26(9-8-24(25)18-23)28-10-4-3-5-11-28/h6-9,18-20H,3-5,10-17H2,1-2H3/b22-20+. The average Bonchev–Trinajstić information content (AvgIpc) is 2.87. The number of nitrogens with zero attached hydrogens (tertiary/aromatic N) is 3. The highest BCUT2D eigenvalue weighted by Gasteiger charge is 2.19. The normalized spacial score (nSPS) is 14.8. The molecule has 9 heteroatoms. The van der Waals surface area contributed by atoms with Crippen LogP contribution in [0.4, 0.5) is 5.69 Å². The SMILES string of the molecule is COCCOCCOCCN(C#N)S(=O)(=O)/C=C(\C)c1ccc2cc(N3CCCCC3)ccc2c1. The fraction of sp³-hybridized carbons (Fsp3) is 0.500. The number of benzene rings is 2. The van der Waals surface area contributed by atoms with E-state index in [0.29, 0.717) is 32.0 Å². The van der Waals surface area contributed by atoms with Gasteiger partial charge in [-0.25, -0.2) is 12.7 Å². The molecule has 2 aromatic carbocycles. The van der Waals surface area contributed by atoms with Crippen molar-refractivity contribution in [2.24, 2.45) is 0 Å². The van der Waals surface area contributed by atoms with Crippen LogP contribution < -0.4 is 4.90 Å². The van der Waals surface area contributed by atoms with E-state index in [-0.39, 0.29) is 13.2 Å². The molecule has 0 bridgehead atoms. The van der Waals surface area contributed by atoms with E-state index in [1.165, 1.54) is 24.9 Å². The third-order valence-electron chi connectivity index (χ3n) is 5.99. The fourth-order valence-electron chi connectivity index (χ4n) is 4.03. The Labute approximate surface area is 208 Å². The highest BCUT2D eigenvalue weighted by molar-refractivity contribution is 7.92. The Morgan fingerprint density at radius 2 is 1.66 bits per heavy atom. The molecule has 35 heavy (non-hydrogen) atoms. The van der Waals surface area contributed by atoms with Crippen molar-refractivity contribution in [2.45, 2.75) is 26.2 Å². The lowest BCUT2D eigenvalue weighted by molar-refractivity contribution is 0.0242. The van der Waals surface area contributed by atoms with Crippen LogP contribution in [0, 0.1) is 11.5 Å². The third kappa shape index (κ3) is 7.94. The molecule has 1 saturated heterocycles. The van der Waals surface area contributed by atoms with Crippen LogP contribution >= 0.6 is 0 Å². The minimum Gasteiger partial charge on any atom is -0.382 e. The summed E-state index contributed by atoms with van der Waals surface area (Å²) in [5.74, 6) is 0. The number of methoxy groups -OCH3 is 1. The van der Waals surface area contributed by atoms with E-state index in [9.17, 15) is 13.7 Å². The van der Waals surface area contributed by atoms with Crippen LogP contribution in [-0.2, 0) is 24.2 Å². The molecule has 3 rings (SSSR count). The number of anilines is 1. The highest BCUT2D eigenvalue weighted by Crippen LogP contribution is 2.27. The van der Waals surface area contributed by atoms with Crippen molar-refractivity contribution >= 4 is 32.1 Å². The van der Waals surface area contributed by atoms with Gasteiger partial charge in [0.15, 0.2) is 6.19 Å². The van der Waals surface area contributed by atoms with Gasteiger partial charge in [0.2, 0.25) is 0 Å². The van der Waals surface area contributed by atoms with Crippen molar-refractivity contribution in [3.8, 4) is 6.19 Å². The zero-order valence-electron chi connectivity index (χ0n) is 20.6. The Balaban J connectivity index is 1.61. The number of fused-ring (bicyclic) bond motifs is 1. The van der Waals surface area contributed by atoms with Crippen LogP contribution in [0.3, 0.4) is 0 Å². The molecule has 0 aromatic heterocycles. The minimum absolute atomic E-state index is 0.0579. The first-order valence-electron chi connectivity index (χ1n) is 12.0. The van der Waals surface area contributed by atoms with Gasteiger partial charge < -0.3 is 19.1 Å². The number of ether oxygens (including phenoxy) is 3. The first kappa shape index (κ1) is 27.0. The molecule has 2 aromatic rings. The van der Waals surface area contributed by atoms with Gasteiger partial charge in [0.05, 0.1) is 45.0 Å². The zero-order valence-corrected chi connectivity index (χ0v) is 21.4. The molecule has 0 unspecified atom stereocenters. The second kappa shape index (κ2) is 13.4. The average molecular weight is 502 g/mol. The molecule has 0 radical (unpaired) electrons.